The molecule has 0 unspecified atom stereocenters. The van der Waals surface area contributed by atoms with Crippen LogP contribution in [0.15, 0.2) is 40.8 Å². The molecular weight excluding hydrogens is 385 g/mol. The number of piperidine rings is 1. The number of hydrogen-bond acceptors (Lipinski definition) is 3. The molecule has 1 aromatic heterocycles. The zero-order chi connectivity index (χ0) is 20.9. The van der Waals surface area contributed by atoms with Gasteiger partial charge in [-0.05, 0) is 62.1 Å². The highest BCUT2D eigenvalue weighted by atomic mass is 19.1. The molecule has 0 spiro atoms. The molecule has 7 heteroatoms. The van der Waals surface area contributed by atoms with E-state index in [1.807, 2.05) is 4.90 Å². The van der Waals surface area contributed by atoms with Gasteiger partial charge >= 0.3 is 6.03 Å². The summed E-state index contributed by atoms with van der Waals surface area (Å²) in [6.45, 7) is 1.25. The van der Waals surface area contributed by atoms with Crippen molar-refractivity contribution < 1.29 is 18.4 Å². The van der Waals surface area contributed by atoms with Crippen LogP contribution in [0.4, 0.5) is 9.18 Å². The number of furan rings is 1. The number of nitrogens with zero attached hydrogens (tertiary/aromatic N) is 1. The van der Waals surface area contributed by atoms with Gasteiger partial charge in [-0.15, -0.1) is 0 Å². The van der Waals surface area contributed by atoms with Gasteiger partial charge in [0.05, 0.1) is 0 Å². The van der Waals surface area contributed by atoms with E-state index in [0.717, 1.165) is 25.7 Å². The minimum atomic E-state index is -0.318. The molecule has 1 saturated carbocycles. The van der Waals surface area contributed by atoms with E-state index < -0.39 is 0 Å². The van der Waals surface area contributed by atoms with Crippen molar-refractivity contribution in [1.82, 2.24) is 15.5 Å². The molecule has 2 aromatic rings. The number of urea groups is 1. The van der Waals surface area contributed by atoms with Crippen LogP contribution in [0.1, 0.15) is 55.5 Å². The normalized spacial score (nSPS) is 18.2. The van der Waals surface area contributed by atoms with Crippen LogP contribution in [-0.4, -0.2) is 42.0 Å². The van der Waals surface area contributed by atoms with Gasteiger partial charge in [0.2, 0.25) is 0 Å². The van der Waals surface area contributed by atoms with E-state index >= 15 is 0 Å². The number of nitrogens with one attached hydrogen (secondary N) is 2. The number of benzene rings is 1. The van der Waals surface area contributed by atoms with Gasteiger partial charge in [0, 0.05) is 30.7 Å². The molecule has 2 heterocycles. The minimum Gasteiger partial charge on any atom is -0.451 e. The van der Waals surface area contributed by atoms with Gasteiger partial charge in [-0.2, -0.15) is 0 Å². The molecule has 0 bridgehead atoms. The van der Waals surface area contributed by atoms with Crippen molar-refractivity contribution in [3.05, 3.63) is 48.0 Å². The molecule has 1 aromatic carbocycles. The first-order valence-electron chi connectivity index (χ1n) is 10.8. The van der Waals surface area contributed by atoms with Crippen LogP contribution in [-0.2, 0) is 0 Å². The SMILES string of the molecule is O=C(NC1CCN(C(=O)NC2CCCCC2)CC1)c1ccc(-c2ccc(F)cc2)o1. The summed E-state index contributed by atoms with van der Waals surface area (Å²) in [7, 11) is 0. The van der Waals surface area contributed by atoms with Crippen molar-refractivity contribution >= 4 is 11.9 Å². The molecule has 160 valence electrons. The quantitative estimate of drug-likeness (QED) is 0.784. The average molecular weight is 413 g/mol. The lowest BCUT2D eigenvalue weighted by Crippen LogP contribution is -2.51. The van der Waals surface area contributed by atoms with Crippen LogP contribution < -0.4 is 10.6 Å². The predicted octanol–water partition coefficient (Wildman–Crippen LogP) is 4.32. The van der Waals surface area contributed by atoms with Crippen LogP contribution in [0.5, 0.6) is 0 Å². The summed E-state index contributed by atoms with van der Waals surface area (Å²) in [6, 6.07) is 9.61. The fourth-order valence-corrected chi connectivity index (χ4v) is 4.23. The Kier molecular flexibility index (Phi) is 6.35. The number of amides is 3. The van der Waals surface area contributed by atoms with Crippen LogP contribution in [0.2, 0.25) is 0 Å². The average Bonchev–Trinajstić information content (AvgIpc) is 3.26. The smallest absolute Gasteiger partial charge is 0.317 e. The van der Waals surface area contributed by atoms with Gasteiger partial charge < -0.3 is 20.0 Å². The molecule has 30 heavy (non-hydrogen) atoms. The Morgan fingerprint density at radius 1 is 0.867 bits per heavy atom. The number of hydrogen-bond donors (Lipinski definition) is 2. The number of likely N-dealkylation sites (tertiary alicyclic amines) is 1. The maximum atomic E-state index is 13.1. The second-order valence-corrected chi connectivity index (χ2v) is 8.19. The van der Waals surface area contributed by atoms with Crippen molar-refractivity contribution in [2.75, 3.05) is 13.1 Å². The molecule has 1 aliphatic heterocycles. The summed E-state index contributed by atoms with van der Waals surface area (Å²) in [5, 5.41) is 6.15. The fourth-order valence-electron chi connectivity index (χ4n) is 4.23. The predicted molar refractivity (Wildman–Crippen MR) is 112 cm³/mol. The van der Waals surface area contributed by atoms with E-state index in [0.29, 0.717) is 30.5 Å². The minimum absolute atomic E-state index is 0.00982. The van der Waals surface area contributed by atoms with E-state index in [4.69, 9.17) is 4.42 Å². The number of halogens is 1. The third-order valence-electron chi connectivity index (χ3n) is 6.01. The highest BCUT2D eigenvalue weighted by molar-refractivity contribution is 5.92. The molecule has 3 amide bonds. The Labute approximate surface area is 175 Å². The first-order chi connectivity index (χ1) is 14.6. The Morgan fingerprint density at radius 3 is 2.23 bits per heavy atom. The molecule has 2 N–H and O–H groups in total. The lowest BCUT2D eigenvalue weighted by atomic mass is 9.95. The summed E-state index contributed by atoms with van der Waals surface area (Å²) in [4.78, 5) is 26.8. The Hall–Kier alpha value is -2.83. The lowest BCUT2D eigenvalue weighted by molar-refractivity contribution is 0.0890. The van der Waals surface area contributed by atoms with E-state index in [1.54, 1.807) is 24.3 Å². The van der Waals surface area contributed by atoms with Crippen molar-refractivity contribution in [2.45, 2.75) is 57.0 Å². The first kappa shape index (κ1) is 20.4. The zero-order valence-corrected chi connectivity index (χ0v) is 17.0. The van der Waals surface area contributed by atoms with Crippen LogP contribution >= 0.6 is 0 Å². The zero-order valence-electron chi connectivity index (χ0n) is 17.0. The monoisotopic (exact) mass is 413 g/mol. The van der Waals surface area contributed by atoms with E-state index in [1.165, 1.54) is 31.4 Å². The summed E-state index contributed by atoms with van der Waals surface area (Å²) < 4.78 is 18.7. The summed E-state index contributed by atoms with van der Waals surface area (Å²) in [6.07, 6.45) is 7.22. The Balaban J connectivity index is 1.25. The summed E-state index contributed by atoms with van der Waals surface area (Å²) in [5.41, 5.74) is 0.715. The topological polar surface area (TPSA) is 74.6 Å². The van der Waals surface area contributed by atoms with E-state index in [2.05, 4.69) is 10.6 Å². The maximum Gasteiger partial charge on any atom is 0.317 e. The van der Waals surface area contributed by atoms with Gasteiger partial charge in [-0.25, -0.2) is 9.18 Å². The lowest BCUT2D eigenvalue weighted by Gasteiger charge is -2.34. The molecule has 1 saturated heterocycles. The maximum absolute atomic E-state index is 13.1. The van der Waals surface area contributed by atoms with Gasteiger partial charge in [-0.3, -0.25) is 4.79 Å². The highest BCUT2D eigenvalue weighted by Gasteiger charge is 2.26. The highest BCUT2D eigenvalue weighted by Crippen LogP contribution is 2.23. The summed E-state index contributed by atoms with van der Waals surface area (Å²) in [5.74, 6) is 0.164. The third-order valence-corrected chi connectivity index (χ3v) is 6.01. The molecular formula is C23H28FN3O3. The fraction of sp³-hybridized carbons (Fsp3) is 0.478. The third kappa shape index (κ3) is 5.01. The molecule has 2 aliphatic rings. The van der Waals surface area contributed by atoms with Crippen molar-refractivity contribution in [2.24, 2.45) is 0 Å². The first-order valence-corrected chi connectivity index (χ1v) is 10.8. The second kappa shape index (κ2) is 9.32. The number of carbonyl (C=O) groups excluding carboxylic acids is 2. The van der Waals surface area contributed by atoms with Gasteiger partial charge in [-0.1, -0.05) is 19.3 Å². The molecule has 6 nitrogen and oxygen atoms in total. The van der Waals surface area contributed by atoms with Crippen molar-refractivity contribution in [1.29, 1.82) is 0 Å². The Bertz CT molecular complexity index is 866. The van der Waals surface area contributed by atoms with Crippen LogP contribution in [0.3, 0.4) is 0 Å². The van der Waals surface area contributed by atoms with Crippen molar-refractivity contribution in [3.8, 4) is 11.3 Å². The van der Waals surface area contributed by atoms with Gasteiger partial charge in [0.1, 0.15) is 11.6 Å². The van der Waals surface area contributed by atoms with E-state index in [9.17, 15) is 14.0 Å². The second-order valence-electron chi connectivity index (χ2n) is 8.19. The summed E-state index contributed by atoms with van der Waals surface area (Å²) >= 11 is 0. The largest absolute Gasteiger partial charge is 0.451 e. The number of rotatable bonds is 4. The number of carbonyl (C=O) groups is 2. The molecule has 4 rings (SSSR count). The van der Waals surface area contributed by atoms with Crippen LogP contribution in [0.25, 0.3) is 11.3 Å². The Morgan fingerprint density at radius 2 is 1.53 bits per heavy atom. The molecule has 2 fully saturated rings. The molecule has 1 aliphatic carbocycles. The van der Waals surface area contributed by atoms with Crippen LogP contribution in [0, 0.1) is 5.82 Å². The molecule has 0 radical (unpaired) electrons. The van der Waals surface area contributed by atoms with E-state index in [-0.39, 0.29) is 29.6 Å². The molecule has 0 atom stereocenters. The van der Waals surface area contributed by atoms with Gasteiger partial charge in [0.25, 0.3) is 5.91 Å². The van der Waals surface area contributed by atoms with Crippen molar-refractivity contribution in [3.63, 3.8) is 0 Å². The standard InChI is InChI=1S/C23H28FN3O3/c24-17-8-6-16(7-9-17)20-10-11-21(30-20)22(28)25-19-12-14-27(15-13-19)23(29)26-18-4-2-1-3-5-18/h6-11,18-19H,1-5,12-15H2,(H,25,28)(H,26,29). The van der Waals surface area contributed by atoms with Gasteiger partial charge in [0.15, 0.2) is 5.76 Å².